The van der Waals surface area contributed by atoms with Crippen LogP contribution >= 0.6 is 0 Å². The Morgan fingerprint density at radius 1 is 1.03 bits per heavy atom. The van der Waals surface area contributed by atoms with Crippen molar-refractivity contribution in [3.8, 4) is 5.75 Å². The molecule has 1 atom stereocenters. The molecule has 2 aromatic rings. The number of amides is 2. The fourth-order valence-electron chi connectivity index (χ4n) is 2.66. The van der Waals surface area contributed by atoms with E-state index in [1.807, 2.05) is 13.8 Å². The molecule has 0 bridgehead atoms. The third kappa shape index (κ3) is 5.50. The molecule has 0 aromatic heterocycles. The number of para-hydroxylation sites is 1. The number of anilines is 1. The number of ether oxygens (including phenoxy) is 1. The summed E-state index contributed by atoms with van der Waals surface area (Å²) in [7, 11) is -2.67. The summed E-state index contributed by atoms with van der Waals surface area (Å²) in [5, 5.41) is 5.45. The van der Waals surface area contributed by atoms with Crippen LogP contribution in [0.5, 0.6) is 5.75 Å². The van der Waals surface area contributed by atoms with Gasteiger partial charge in [0.25, 0.3) is 21.8 Å². The van der Waals surface area contributed by atoms with Crippen molar-refractivity contribution in [1.82, 2.24) is 10.6 Å². The summed E-state index contributed by atoms with van der Waals surface area (Å²) in [4.78, 5) is 24.7. The second-order valence-electron chi connectivity index (χ2n) is 6.66. The van der Waals surface area contributed by atoms with E-state index in [-0.39, 0.29) is 39.4 Å². The monoisotopic (exact) mass is 433 g/mol. The van der Waals surface area contributed by atoms with Gasteiger partial charge in [-0.25, -0.2) is 8.42 Å². The summed E-state index contributed by atoms with van der Waals surface area (Å²) in [5.41, 5.74) is 0.456. The van der Waals surface area contributed by atoms with E-state index in [4.69, 9.17) is 4.74 Å². The number of rotatable bonds is 9. The van der Waals surface area contributed by atoms with Crippen LogP contribution in [0.25, 0.3) is 0 Å². The molecule has 0 fully saturated rings. The maximum absolute atomic E-state index is 13.0. The molecule has 0 aliphatic carbocycles. The van der Waals surface area contributed by atoms with Crippen LogP contribution in [0.15, 0.2) is 47.4 Å². The lowest BCUT2D eigenvalue weighted by Gasteiger charge is -2.16. The summed E-state index contributed by atoms with van der Waals surface area (Å²) >= 11 is 0. The number of methoxy groups -OCH3 is 1. The Bertz CT molecular complexity index is 1020. The van der Waals surface area contributed by atoms with Crippen LogP contribution in [0.2, 0.25) is 0 Å². The van der Waals surface area contributed by atoms with Gasteiger partial charge in [-0.05, 0) is 50.6 Å². The van der Waals surface area contributed by atoms with Gasteiger partial charge in [-0.2, -0.15) is 0 Å². The molecule has 0 saturated carbocycles. The van der Waals surface area contributed by atoms with Crippen molar-refractivity contribution in [2.45, 2.75) is 38.1 Å². The highest BCUT2D eigenvalue weighted by molar-refractivity contribution is 7.92. The first kappa shape index (κ1) is 23.2. The van der Waals surface area contributed by atoms with E-state index in [1.54, 1.807) is 25.1 Å². The summed E-state index contributed by atoms with van der Waals surface area (Å²) in [5.74, 6) is -0.562. The molecule has 0 heterocycles. The van der Waals surface area contributed by atoms with Gasteiger partial charge in [-0.3, -0.25) is 14.3 Å². The molecule has 0 aliphatic heterocycles. The number of nitrogens with one attached hydrogen (secondary N) is 3. The third-order valence-corrected chi connectivity index (χ3v) is 5.83. The predicted octanol–water partition coefficient (Wildman–Crippen LogP) is 2.77. The molecule has 0 spiro atoms. The van der Waals surface area contributed by atoms with Crippen LogP contribution in [0.1, 0.15) is 47.9 Å². The zero-order valence-electron chi connectivity index (χ0n) is 17.5. The van der Waals surface area contributed by atoms with Crippen molar-refractivity contribution in [2.75, 3.05) is 18.4 Å². The lowest BCUT2D eigenvalue weighted by atomic mass is 10.1. The summed E-state index contributed by atoms with van der Waals surface area (Å²) < 4.78 is 33.6. The highest BCUT2D eigenvalue weighted by Crippen LogP contribution is 2.25. The molecule has 9 heteroatoms. The first-order chi connectivity index (χ1) is 14.2. The quantitative estimate of drug-likeness (QED) is 0.563. The van der Waals surface area contributed by atoms with Crippen LogP contribution in [0, 0.1) is 0 Å². The molecule has 3 N–H and O–H groups in total. The minimum atomic E-state index is -4.06. The van der Waals surface area contributed by atoms with Gasteiger partial charge in [0.05, 0.1) is 28.8 Å². The molecular formula is C21H27N3O5S. The van der Waals surface area contributed by atoms with Crippen LogP contribution in [-0.2, 0) is 10.0 Å². The van der Waals surface area contributed by atoms with E-state index in [0.29, 0.717) is 6.54 Å². The highest BCUT2D eigenvalue weighted by Gasteiger charge is 2.22. The highest BCUT2D eigenvalue weighted by atomic mass is 32.2. The Morgan fingerprint density at radius 2 is 1.73 bits per heavy atom. The lowest BCUT2D eigenvalue weighted by molar-refractivity contribution is 0.0936. The zero-order chi connectivity index (χ0) is 22.3. The van der Waals surface area contributed by atoms with E-state index >= 15 is 0 Å². The largest absolute Gasteiger partial charge is 0.496 e. The Hall–Kier alpha value is -3.07. The van der Waals surface area contributed by atoms with Crippen LogP contribution in [0.3, 0.4) is 0 Å². The molecule has 162 valence electrons. The fraction of sp³-hybridized carbons (Fsp3) is 0.333. The second-order valence-corrected chi connectivity index (χ2v) is 8.34. The molecule has 8 nitrogen and oxygen atoms in total. The van der Waals surface area contributed by atoms with Crippen molar-refractivity contribution in [1.29, 1.82) is 0 Å². The molecule has 0 aliphatic rings. The molecule has 0 radical (unpaired) electrons. The predicted molar refractivity (Wildman–Crippen MR) is 115 cm³/mol. The average molecular weight is 434 g/mol. The van der Waals surface area contributed by atoms with E-state index < -0.39 is 15.9 Å². The van der Waals surface area contributed by atoms with Crippen molar-refractivity contribution in [3.63, 3.8) is 0 Å². The summed E-state index contributed by atoms with van der Waals surface area (Å²) in [6.45, 7) is 5.95. The Morgan fingerprint density at radius 3 is 2.37 bits per heavy atom. The van der Waals surface area contributed by atoms with E-state index in [9.17, 15) is 18.0 Å². The SMILES string of the molecule is CCNC(=O)c1cc(S(=O)(=O)Nc2ccccc2C(=O)N[C@@H](C)CC)ccc1OC. The Balaban J connectivity index is 2.39. The second kappa shape index (κ2) is 10.1. The van der Waals surface area contributed by atoms with Gasteiger partial charge < -0.3 is 15.4 Å². The van der Waals surface area contributed by atoms with Gasteiger partial charge in [-0.15, -0.1) is 0 Å². The zero-order valence-corrected chi connectivity index (χ0v) is 18.3. The summed E-state index contributed by atoms with van der Waals surface area (Å²) in [6, 6.07) is 10.3. The van der Waals surface area contributed by atoms with Gasteiger partial charge >= 0.3 is 0 Å². The van der Waals surface area contributed by atoms with Crippen LogP contribution in [-0.4, -0.2) is 39.9 Å². The minimum Gasteiger partial charge on any atom is -0.496 e. The molecule has 2 aromatic carbocycles. The van der Waals surface area contributed by atoms with E-state index in [2.05, 4.69) is 15.4 Å². The number of hydrogen-bond acceptors (Lipinski definition) is 5. The van der Waals surface area contributed by atoms with Crippen molar-refractivity contribution < 1.29 is 22.7 Å². The average Bonchev–Trinajstić information content (AvgIpc) is 2.73. The smallest absolute Gasteiger partial charge is 0.261 e. The molecule has 2 amide bonds. The van der Waals surface area contributed by atoms with Gasteiger partial charge in [-0.1, -0.05) is 19.1 Å². The normalized spacial score (nSPS) is 12.0. The van der Waals surface area contributed by atoms with Gasteiger partial charge in [0.2, 0.25) is 0 Å². The summed E-state index contributed by atoms with van der Waals surface area (Å²) in [6.07, 6.45) is 0.744. The first-order valence-electron chi connectivity index (χ1n) is 9.62. The Kier molecular flexibility index (Phi) is 7.82. The lowest BCUT2D eigenvalue weighted by Crippen LogP contribution is -2.32. The molecule has 30 heavy (non-hydrogen) atoms. The number of benzene rings is 2. The molecule has 2 rings (SSSR count). The first-order valence-corrected chi connectivity index (χ1v) is 11.1. The number of carbonyl (C=O) groups excluding carboxylic acids is 2. The standard InChI is InChI=1S/C21H27N3O5S/c1-5-14(3)23-21(26)16-9-7-8-10-18(16)24-30(27,28)15-11-12-19(29-4)17(13-15)20(25)22-6-2/h7-14,24H,5-6H2,1-4H3,(H,22,25)(H,23,26)/t14-/m0/s1. The number of carbonyl (C=O) groups is 2. The van der Waals surface area contributed by atoms with Gasteiger partial charge in [0.15, 0.2) is 0 Å². The number of hydrogen-bond donors (Lipinski definition) is 3. The van der Waals surface area contributed by atoms with Crippen molar-refractivity contribution >= 4 is 27.5 Å². The molecule has 0 saturated heterocycles. The maximum Gasteiger partial charge on any atom is 0.261 e. The van der Waals surface area contributed by atoms with Crippen molar-refractivity contribution in [3.05, 3.63) is 53.6 Å². The topological polar surface area (TPSA) is 114 Å². The number of sulfonamides is 1. The Labute approximate surface area is 177 Å². The third-order valence-electron chi connectivity index (χ3n) is 4.47. The van der Waals surface area contributed by atoms with Crippen molar-refractivity contribution in [2.24, 2.45) is 0 Å². The van der Waals surface area contributed by atoms with Gasteiger partial charge in [0.1, 0.15) is 5.75 Å². The minimum absolute atomic E-state index is 0.0524. The van der Waals surface area contributed by atoms with Gasteiger partial charge in [0, 0.05) is 12.6 Å². The van der Waals surface area contributed by atoms with Crippen LogP contribution in [0.4, 0.5) is 5.69 Å². The van der Waals surface area contributed by atoms with Crippen LogP contribution < -0.4 is 20.1 Å². The van der Waals surface area contributed by atoms with E-state index in [0.717, 1.165) is 6.42 Å². The van der Waals surface area contributed by atoms with E-state index in [1.165, 1.54) is 31.4 Å². The molecular weight excluding hydrogens is 406 g/mol. The maximum atomic E-state index is 13.0. The fourth-order valence-corrected chi connectivity index (χ4v) is 3.77. The molecule has 0 unspecified atom stereocenters.